The van der Waals surface area contributed by atoms with Crippen LogP contribution in [0, 0.1) is 13.8 Å². The lowest BCUT2D eigenvalue weighted by Crippen LogP contribution is -2.25. The maximum atomic E-state index is 12.4. The summed E-state index contributed by atoms with van der Waals surface area (Å²) in [7, 11) is 1.68. The molecule has 0 aliphatic rings. The van der Waals surface area contributed by atoms with Gasteiger partial charge in [0.15, 0.2) is 0 Å². The molecule has 2 aromatic rings. The monoisotopic (exact) mass is 379 g/mol. The number of benzene rings is 1. The Morgan fingerprint density at radius 1 is 1.26 bits per heavy atom. The van der Waals surface area contributed by atoms with Crippen LogP contribution in [0.5, 0.6) is 0 Å². The number of ether oxygens (including phenoxy) is 1. The second-order valence-electron chi connectivity index (χ2n) is 5.39. The summed E-state index contributed by atoms with van der Waals surface area (Å²) in [5.74, 6) is -0.0687. The summed E-state index contributed by atoms with van der Waals surface area (Å²) in [6.45, 7) is 5.14. The molecule has 5 nitrogen and oxygen atoms in total. The minimum absolute atomic E-state index is 0.0687. The number of amides is 1. The van der Waals surface area contributed by atoms with Crippen molar-refractivity contribution in [3.8, 4) is 5.69 Å². The van der Waals surface area contributed by atoms with E-state index in [1.54, 1.807) is 7.11 Å². The fourth-order valence-corrected chi connectivity index (χ4v) is 2.73. The lowest BCUT2D eigenvalue weighted by Gasteiger charge is -2.07. The Morgan fingerprint density at radius 2 is 1.96 bits per heavy atom. The van der Waals surface area contributed by atoms with E-state index in [9.17, 15) is 4.79 Å². The molecule has 0 saturated heterocycles. The van der Waals surface area contributed by atoms with Crippen molar-refractivity contribution in [1.29, 1.82) is 0 Å². The van der Waals surface area contributed by atoms with Crippen LogP contribution in [-0.4, -0.2) is 35.9 Å². The second-order valence-corrected chi connectivity index (χ2v) is 6.31. The standard InChI is InChI=1S/C17H22BrN3O2/c1-12-16(17(22)19-10-4-5-11-23-3)13(2)21(20-12)15-8-6-14(18)7-9-15/h6-9H,4-5,10-11H2,1-3H3,(H,19,22). The average molecular weight is 380 g/mol. The smallest absolute Gasteiger partial charge is 0.255 e. The molecule has 0 saturated carbocycles. The number of aryl methyl sites for hydroxylation is 1. The molecule has 1 aromatic carbocycles. The van der Waals surface area contributed by atoms with Crippen LogP contribution < -0.4 is 5.32 Å². The van der Waals surface area contributed by atoms with Crippen LogP contribution in [-0.2, 0) is 4.74 Å². The highest BCUT2D eigenvalue weighted by Crippen LogP contribution is 2.19. The third-order valence-electron chi connectivity index (χ3n) is 3.65. The molecular weight excluding hydrogens is 358 g/mol. The molecule has 23 heavy (non-hydrogen) atoms. The fourth-order valence-electron chi connectivity index (χ4n) is 2.47. The van der Waals surface area contributed by atoms with E-state index in [1.165, 1.54) is 0 Å². The van der Waals surface area contributed by atoms with Gasteiger partial charge in [0, 0.05) is 24.7 Å². The van der Waals surface area contributed by atoms with Crippen molar-refractivity contribution >= 4 is 21.8 Å². The summed E-state index contributed by atoms with van der Waals surface area (Å²) < 4.78 is 7.82. The van der Waals surface area contributed by atoms with Gasteiger partial charge >= 0.3 is 0 Å². The Kier molecular flexibility index (Phi) is 6.36. The van der Waals surface area contributed by atoms with E-state index in [2.05, 4.69) is 26.3 Å². The molecule has 1 N–H and O–H groups in total. The molecule has 0 aliphatic heterocycles. The molecule has 1 aromatic heterocycles. The Balaban J connectivity index is 2.11. The van der Waals surface area contributed by atoms with Crippen molar-refractivity contribution in [2.24, 2.45) is 0 Å². The number of hydrogen-bond acceptors (Lipinski definition) is 3. The molecule has 1 amide bonds. The van der Waals surface area contributed by atoms with E-state index >= 15 is 0 Å². The first-order chi connectivity index (χ1) is 11.0. The number of nitrogens with zero attached hydrogens (tertiary/aromatic N) is 2. The van der Waals surface area contributed by atoms with Gasteiger partial charge in [0.2, 0.25) is 0 Å². The van der Waals surface area contributed by atoms with Gasteiger partial charge in [-0.1, -0.05) is 15.9 Å². The van der Waals surface area contributed by atoms with Crippen molar-refractivity contribution in [2.45, 2.75) is 26.7 Å². The van der Waals surface area contributed by atoms with Crippen LogP contribution in [0.25, 0.3) is 5.69 Å². The van der Waals surface area contributed by atoms with E-state index in [0.29, 0.717) is 12.1 Å². The van der Waals surface area contributed by atoms with E-state index in [1.807, 2.05) is 42.8 Å². The number of unbranched alkanes of at least 4 members (excludes halogenated alkanes) is 1. The number of carbonyl (C=O) groups excluding carboxylic acids is 1. The van der Waals surface area contributed by atoms with Gasteiger partial charge < -0.3 is 10.1 Å². The predicted octanol–water partition coefficient (Wildman–Crippen LogP) is 3.41. The first-order valence-corrected chi connectivity index (χ1v) is 8.43. The second kappa shape index (κ2) is 8.26. The summed E-state index contributed by atoms with van der Waals surface area (Å²) in [5, 5.41) is 7.47. The molecular formula is C17H22BrN3O2. The first-order valence-electron chi connectivity index (χ1n) is 7.64. The molecule has 0 fully saturated rings. The third kappa shape index (κ3) is 4.42. The largest absolute Gasteiger partial charge is 0.385 e. The highest BCUT2D eigenvalue weighted by atomic mass is 79.9. The predicted molar refractivity (Wildman–Crippen MR) is 94.2 cm³/mol. The zero-order valence-corrected chi connectivity index (χ0v) is 15.3. The quantitative estimate of drug-likeness (QED) is 0.749. The van der Waals surface area contributed by atoms with Crippen LogP contribution in [0.15, 0.2) is 28.7 Å². The number of aromatic nitrogens is 2. The Morgan fingerprint density at radius 3 is 2.61 bits per heavy atom. The molecule has 1 heterocycles. The van der Waals surface area contributed by atoms with Crippen molar-refractivity contribution in [1.82, 2.24) is 15.1 Å². The highest BCUT2D eigenvalue weighted by Gasteiger charge is 2.18. The van der Waals surface area contributed by atoms with Gasteiger partial charge in [0.1, 0.15) is 0 Å². The topological polar surface area (TPSA) is 56.1 Å². The maximum Gasteiger partial charge on any atom is 0.255 e. The van der Waals surface area contributed by atoms with Crippen molar-refractivity contribution in [3.63, 3.8) is 0 Å². The first kappa shape index (κ1) is 17.7. The Hall–Kier alpha value is -1.66. The van der Waals surface area contributed by atoms with Gasteiger partial charge in [-0.2, -0.15) is 5.10 Å². The van der Waals surface area contributed by atoms with Crippen LogP contribution >= 0.6 is 15.9 Å². The molecule has 0 atom stereocenters. The van der Waals surface area contributed by atoms with E-state index < -0.39 is 0 Å². The van der Waals surface area contributed by atoms with Gasteiger partial charge in [-0.3, -0.25) is 4.79 Å². The van der Waals surface area contributed by atoms with Gasteiger partial charge in [0.05, 0.1) is 22.6 Å². The number of methoxy groups -OCH3 is 1. The van der Waals surface area contributed by atoms with Crippen molar-refractivity contribution in [3.05, 3.63) is 45.7 Å². The van der Waals surface area contributed by atoms with Crippen molar-refractivity contribution in [2.75, 3.05) is 20.3 Å². The average Bonchev–Trinajstić information content (AvgIpc) is 2.82. The lowest BCUT2D eigenvalue weighted by molar-refractivity contribution is 0.0950. The number of hydrogen-bond donors (Lipinski definition) is 1. The summed E-state index contributed by atoms with van der Waals surface area (Å²) in [5.41, 5.74) is 3.17. The minimum Gasteiger partial charge on any atom is -0.385 e. The minimum atomic E-state index is -0.0687. The SMILES string of the molecule is COCCCCNC(=O)c1c(C)nn(-c2ccc(Br)cc2)c1C. The van der Waals surface area contributed by atoms with Gasteiger partial charge in [0.25, 0.3) is 5.91 Å². The molecule has 0 aliphatic carbocycles. The molecule has 0 spiro atoms. The summed E-state index contributed by atoms with van der Waals surface area (Å²) in [4.78, 5) is 12.4. The molecule has 0 unspecified atom stereocenters. The summed E-state index contributed by atoms with van der Waals surface area (Å²) >= 11 is 3.42. The number of carbonyl (C=O) groups is 1. The molecule has 0 bridgehead atoms. The van der Waals surface area contributed by atoms with Gasteiger partial charge in [-0.15, -0.1) is 0 Å². The fraction of sp³-hybridized carbons (Fsp3) is 0.412. The summed E-state index contributed by atoms with van der Waals surface area (Å²) in [6, 6.07) is 7.86. The van der Waals surface area contributed by atoms with Crippen LogP contribution in [0.4, 0.5) is 0 Å². The molecule has 6 heteroatoms. The normalized spacial score (nSPS) is 10.8. The molecule has 0 radical (unpaired) electrons. The molecule has 124 valence electrons. The maximum absolute atomic E-state index is 12.4. The zero-order chi connectivity index (χ0) is 16.8. The number of rotatable bonds is 7. The number of halogens is 1. The van der Waals surface area contributed by atoms with Crippen molar-refractivity contribution < 1.29 is 9.53 Å². The third-order valence-corrected chi connectivity index (χ3v) is 4.18. The summed E-state index contributed by atoms with van der Waals surface area (Å²) in [6.07, 6.45) is 1.84. The number of nitrogens with one attached hydrogen (secondary N) is 1. The van der Waals surface area contributed by atoms with Gasteiger partial charge in [-0.05, 0) is 51.0 Å². The van der Waals surface area contributed by atoms with E-state index in [0.717, 1.165) is 41.0 Å². The van der Waals surface area contributed by atoms with Crippen LogP contribution in [0.3, 0.4) is 0 Å². The van der Waals surface area contributed by atoms with E-state index in [4.69, 9.17) is 4.74 Å². The van der Waals surface area contributed by atoms with Crippen LogP contribution in [0.2, 0.25) is 0 Å². The van der Waals surface area contributed by atoms with Gasteiger partial charge in [-0.25, -0.2) is 4.68 Å². The van der Waals surface area contributed by atoms with E-state index in [-0.39, 0.29) is 5.91 Å². The lowest BCUT2D eigenvalue weighted by atomic mass is 10.2. The highest BCUT2D eigenvalue weighted by molar-refractivity contribution is 9.10. The Bertz CT molecular complexity index is 665. The van der Waals surface area contributed by atoms with Crippen LogP contribution in [0.1, 0.15) is 34.6 Å². The molecule has 2 rings (SSSR count). The zero-order valence-electron chi connectivity index (χ0n) is 13.7. The Labute approximate surface area is 145 Å².